The molecule has 1 aliphatic heterocycles. The van der Waals surface area contributed by atoms with E-state index in [1.54, 1.807) is 19.1 Å². The molecule has 1 amide bonds. The van der Waals surface area contributed by atoms with Crippen molar-refractivity contribution in [2.45, 2.75) is 45.4 Å². The molecule has 1 aromatic rings. The van der Waals surface area contributed by atoms with E-state index in [9.17, 15) is 9.59 Å². The van der Waals surface area contributed by atoms with Crippen LogP contribution in [0.3, 0.4) is 0 Å². The molecular formula is C17H23NO5. The maximum atomic E-state index is 12.4. The van der Waals surface area contributed by atoms with Gasteiger partial charge in [0.05, 0.1) is 7.11 Å². The normalized spacial score (nSPS) is 20.3. The predicted octanol–water partition coefficient (Wildman–Crippen LogP) is 1.90. The Hall–Kier alpha value is -2.08. The molecule has 0 aliphatic carbocycles. The van der Waals surface area contributed by atoms with Crippen molar-refractivity contribution in [2.24, 2.45) is 0 Å². The molecule has 1 heterocycles. The van der Waals surface area contributed by atoms with Crippen molar-refractivity contribution in [2.75, 3.05) is 14.2 Å². The van der Waals surface area contributed by atoms with Crippen LogP contribution in [0.25, 0.3) is 0 Å². The molecule has 0 unspecified atom stereocenters. The molecule has 2 rings (SSSR count). The maximum Gasteiger partial charge on any atom is 0.332 e. The first-order chi connectivity index (χ1) is 10.8. The molecule has 1 saturated heterocycles. The number of nitrogens with zero attached hydrogens (tertiary/aromatic N) is 1. The van der Waals surface area contributed by atoms with E-state index in [0.29, 0.717) is 19.4 Å². The third-order valence-electron chi connectivity index (χ3n) is 4.09. The van der Waals surface area contributed by atoms with Gasteiger partial charge in [-0.25, -0.2) is 4.79 Å². The summed E-state index contributed by atoms with van der Waals surface area (Å²) >= 11 is 0. The predicted molar refractivity (Wildman–Crippen MR) is 84.5 cm³/mol. The van der Waals surface area contributed by atoms with Gasteiger partial charge in [0.1, 0.15) is 11.9 Å². The van der Waals surface area contributed by atoms with Crippen LogP contribution in [0, 0.1) is 13.8 Å². The summed E-state index contributed by atoms with van der Waals surface area (Å²) in [7, 11) is 3.34. The molecule has 126 valence electrons. The lowest BCUT2D eigenvalue weighted by Gasteiger charge is -2.22. The maximum absolute atomic E-state index is 12.4. The number of amides is 1. The number of likely N-dealkylation sites (N-methyl/N-ethyl adjacent to an activating group) is 1. The van der Waals surface area contributed by atoms with Gasteiger partial charge in [0.25, 0.3) is 5.91 Å². The summed E-state index contributed by atoms with van der Waals surface area (Å²) in [6.45, 7) is 4.38. The molecule has 0 saturated carbocycles. The number of benzene rings is 1. The van der Waals surface area contributed by atoms with E-state index in [2.05, 4.69) is 0 Å². The van der Waals surface area contributed by atoms with Crippen molar-refractivity contribution in [1.82, 2.24) is 4.90 Å². The highest BCUT2D eigenvalue weighted by atomic mass is 16.5. The second-order valence-electron chi connectivity index (χ2n) is 5.99. The third-order valence-corrected chi connectivity index (χ3v) is 4.09. The van der Waals surface area contributed by atoms with E-state index < -0.39 is 18.2 Å². The van der Waals surface area contributed by atoms with Crippen molar-refractivity contribution < 1.29 is 24.2 Å². The average molecular weight is 321 g/mol. The summed E-state index contributed by atoms with van der Waals surface area (Å²) in [5.41, 5.74) is 3.04. The lowest BCUT2D eigenvalue weighted by molar-refractivity contribution is -0.154. The minimum atomic E-state index is -1.01. The minimum absolute atomic E-state index is 0.181. The number of carbonyl (C=O) groups excluding carboxylic acids is 1. The Labute approximate surface area is 136 Å². The number of carboxylic acids is 1. The quantitative estimate of drug-likeness (QED) is 0.896. The number of hydrogen-bond donors (Lipinski definition) is 1. The van der Waals surface area contributed by atoms with Gasteiger partial charge in [-0.05, 0) is 43.4 Å². The van der Waals surface area contributed by atoms with Gasteiger partial charge in [0.2, 0.25) is 0 Å². The summed E-state index contributed by atoms with van der Waals surface area (Å²) in [5, 5.41) is 8.94. The highest BCUT2D eigenvalue weighted by molar-refractivity contribution is 5.82. The van der Waals surface area contributed by atoms with Crippen LogP contribution in [0.1, 0.15) is 29.5 Å². The fraction of sp³-hybridized carbons (Fsp3) is 0.529. The van der Waals surface area contributed by atoms with Crippen LogP contribution in [0.5, 0.6) is 5.75 Å². The van der Waals surface area contributed by atoms with E-state index in [4.69, 9.17) is 14.6 Å². The summed E-state index contributed by atoms with van der Waals surface area (Å²) in [4.78, 5) is 24.9. The van der Waals surface area contributed by atoms with Crippen molar-refractivity contribution in [1.29, 1.82) is 0 Å². The van der Waals surface area contributed by atoms with Gasteiger partial charge in [-0.2, -0.15) is 0 Å². The average Bonchev–Trinajstić information content (AvgIpc) is 2.96. The Bertz CT molecular complexity index is 590. The minimum Gasteiger partial charge on any atom is -0.496 e. The highest BCUT2D eigenvalue weighted by Crippen LogP contribution is 2.26. The third kappa shape index (κ3) is 3.82. The number of ether oxygens (including phenoxy) is 2. The number of carbonyl (C=O) groups is 2. The number of rotatable bonds is 5. The summed E-state index contributed by atoms with van der Waals surface area (Å²) in [6.07, 6.45) is -0.717. The fourth-order valence-corrected chi connectivity index (χ4v) is 3.05. The molecule has 0 spiro atoms. The van der Waals surface area contributed by atoms with Gasteiger partial charge in [0, 0.05) is 13.6 Å². The molecule has 6 nitrogen and oxygen atoms in total. The smallest absolute Gasteiger partial charge is 0.332 e. The topological polar surface area (TPSA) is 76.1 Å². The monoisotopic (exact) mass is 321 g/mol. The van der Waals surface area contributed by atoms with Crippen molar-refractivity contribution in [3.05, 3.63) is 28.8 Å². The molecule has 0 bridgehead atoms. The van der Waals surface area contributed by atoms with E-state index in [1.165, 1.54) is 0 Å². The molecule has 1 aromatic carbocycles. The van der Waals surface area contributed by atoms with Gasteiger partial charge >= 0.3 is 5.97 Å². The number of aliphatic carboxylic acids is 1. The molecule has 23 heavy (non-hydrogen) atoms. The van der Waals surface area contributed by atoms with Crippen molar-refractivity contribution in [3.8, 4) is 5.75 Å². The summed E-state index contributed by atoms with van der Waals surface area (Å²) < 4.78 is 10.7. The largest absolute Gasteiger partial charge is 0.496 e. The molecule has 2 atom stereocenters. The SMILES string of the molecule is COc1c(C)cc(CN(C)C(=O)[C@@H]2CC[C@H](C(=O)O)O2)cc1C. The summed E-state index contributed by atoms with van der Waals surface area (Å²) in [6, 6.07) is 3.98. The number of hydrogen-bond acceptors (Lipinski definition) is 4. The van der Waals surface area contributed by atoms with Gasteiger partial charge in [-0.1, -0.05) is 12.1 Å². The Morgan fingerprint density at radius 3 is 2.30 bits per heavy atom. The first-order valence-electron chi connectivity index (χ1n) is 7.60. The Balaban J connectivity index is 2.03. The van der Waals surface area contributed by atoms with Crippen molar-refractivity contribution in [3.63, 3.8) is 0 Å². The van der Waals surface area contributed by atoms with Crippen LogP contribution >= 0.6 is 0 Å². The van der Waals surface area contributed by atoms with Gasteiger partial charge in [-0.3, -0.25) is 4.79 Å². The standard InChI is InChI=1S/C17H23NO5/c1-10-7-12(8-11(2)15(10)22-4)9-18(3)16(19)13-5-6-14(23-13)17(20)21/h7-8,13-14H,5-6,9H2,1-4H3,(H,20,21)/t13-,14+/m0/s1. The van der Waals surface area contributed by atoms with Gasteiger partial charge in [-0.15, -0.1) is 0 Å². The number of aryl methyl sites for hydroxylation is 2. The molecule has 1 fully saturated rings. The van der Waals surface area contributed by atoms with Crippen LogP contribution in [0.15, 0.2) is 12.1 Å². The fourth-order valence-electron chi connectivity index (χ4n) is 3.05. The van der Waals surface area contributed by atoms with E-state index in [1.807, 2.05) is 26.0 Å². The Kier molecular flexibility index (Phi) is 5.26. The molecule has 6 heteroatoms. The van der Waals surface area contributed by atoms with Crippen LogP contribution in [-0.4, -0.2) is 48.2 Å². The van der Waals surface area contributed by atoms with E-state index in [-0.39, 0.29) is 5.91 Å². The molecular weight excluding hydrogens is 298 g/mol. The van der Waals surface area contributed by atoms with Gasteiger partial charge < -0.3 is 19.5 Å². The molecule has 0 radical (unpaired) electrons. The summed E-state index contributed by atoms with van der Waals surface area (Å²) in [5.74, 6) is -0.338. The number of carboxylic acid groups (broad SMARTS) is 1. The van der Waals surface area contributed by atoms with E-state index in [0.717, 1.165) is 22.4 Å². The zero-order valence-corrected chi connectivity index (χ0v) is 14.0. The molecule has 1 aliphatic rings. The highest BCUT2D eigenvalue weighted by Gasteiger charge is 2.36. The molecule has 1 N–H and O–H groups in total. The zero-order chi connectivity index (χ0) is 17.1. The van der Waals surface area contributed by atoms with Crippen LogP contribution in [0.4, 0.5) is 0 Å². The van der Waals surface area contributed by atoms with Crippen LogP contribution in [-0.2, 0) is 20.9 Å². The first-order valence-corrected chi connectivity index (χ1v) is 7.60. The number of methoxy groups -OCH3 is 1. The van der Waals surface area contributed by atoms with Crippen LogP contribution < -0.4 is 4.74 Å². The van der Waals surface area contributed by atoms with Gasteiger partial charge in [0.15, 0.2) is 6.10 Å². The van der Waals surface area contributed by atoms with E-state index >= 15 is 0 Å². The van der Waals surface area contributed by atoms with Crippen LogP contribution in [0.2, 0.25) is 0 Å². The first kappa shape index (κ1) is 17.3. The lowest BCUT2D eigenvalue weighted by Crippen LogP contribution is -2.36. The van der Waals surface area contributed by atoms with Crippen molar-refractivity contribution >= 4 is 11.9 Å². The lowest BCUT2D eigenvalue weighted by atomic mass is 10.0. The second-order valence-corrected chi connectivity index (χ2v) is 5.99. The molecule has 0 aromatic heterocycles. The second kappa shape index (κ2) is 7.00. The Morgan fingerprint density at radius 2 is 1.83 bits per heavy atom. The zero-order valence-electron chi connectivity index (χ0n) is 14.0. The Morgan fingerprint density at radius 1 is 1.26 bits per heavy atom.